The van der Waals surface area contributed by atoms with Gasteiger partial charge in [-0.2, -0.15) is 5.10 Å². The fraction of sp³-hybridized carbons (Fsp3) is 0.294. The van der Waals surface area contributed by atoms with Crippen LogP contribution in [0.4, 0.5) is 5.69 Å². The van der Waals surface area contributed by atoms with Crippen LogP contribution in [-0.2, 0) is 11.3 Å². The number of benzene rings is 1. The lowest BCUT2D eigenvalue weighted by Crippen LogP contribution is -2.30. The minimum Gasteiger partial charge on any atom is -0.360 e. The highest BCUT2D eigenvalue weighted by Crippen LogP contribution is 2.17. The van der Waals surface area contributed by atoms with E-state index in [1.807, 2.05) is 32.0 Å². The van der Waals surface area contributed by atoms with Crippen molar-refractivity contribution in [1.82, 2.24) is 14.9 Å². The molecule has 0 fully saturated rings. The van der Waals surface area contributed by atoms with Gasteiger partial charge in [-0.05, 0) is 44.9 Å². The second-order valence-electron chi connectivity index (χ2n) is 5.88. The van der Waals surface area contributed by atoms with Crippen LogP contribution in [0.3, 0.4) is 0 Å². The molecule has 0 unspecified atom stereocenters. The first-order valence-electron chi connectivity index (χ1n) is 7.57. The molecule has 0 aliphatic carbocycles. The zero-order valence-corrected chi connectivity index (χ0v) is 14.0. The van der Waals surface area contributed by atoms with Gasteiger partial charge in [-0.25, -0.2) is 4.68 Å². The standard InChI is InChI=1S/C17H18N4O3/c1-9-5-6-10(2)13(7-9)18-14(22)8-21-17(23)16-15(11(3)19-21)12(4)24-20-16/h5-7H,8H2,1-4H3,(H,18,22). The first-order chi connectivity index (χ1) is 11.4. The quantitative estimate of drug-likeness (QED) is 0.797. The van der Waals surface area contributed by atoms with Gasteiger partial charge >= 0.3 is 0 Å². The van der Waals surface area contributed by atoms with Crippen molar-refractivity contribution >= 4 is 22.5 Å². The first kappa shape index (κ1) is 15.9. The Kier molecular flexibility index (Phi) is 3.92. The van der Waals surface area contributed by atoms with E-state index in [-0.39, 0.29) is 18.0 Å². The lowest BCUT2D eigenvalue weighted by Gasteiger charge is -2.10. The zero-order valence-electron chi connectivity index (χ0n) is 14.0. The monoisotopic (exact) mass is 326 g/mol. The van der Waals surface area contributed by atoms with Gasteiger partial charge in [-0.15, -0.1) is 0 Å². The minimum atomic E-state index is -0.441. The number of carbonyl (C=O) groups excluding carboxylic acids is 1. The van der Waals surface area contributed by atoms with E-state index < -0.39 is 5.56 Å². The third kappa shape index (κ3) is 2.80. The predicted octanol–water partition coefficient (Wildman–Crippen LogP) is 2.26. The molecule has 3 rings (SSSR count). The Morgan fingerprint density at radius 2 is 2.00 bits per heavy atom. The number of aromatic nitrogens is 3. The Bertz CT molecular complexity index is 1000. The summed E-state index contributed by atoms with van der Waals surface area (Å²) in [5.41, 5.74) is 3.07. The molecule has 0 spiro atoms. The molecule has 0 aliphatic rings. The molecule has 2 aromatic heterocycles. The highest BCUT2D eigenvalue weighted by Gasteiger charge is 2.16. The average Bonchev–Trinajstić information content (AvgIpc) is 2.91. The van der Waals surface area contributed by atoms with Crippen LogP contribution in [0.25, 0.3) is 10.9 Å². The number of anilines is 1. The molecular formula is C17H18N4O3. The summed E-state index contributed by atoms with van der Waals surface area (Å²) in [5.74, 6) is 0.219. The normalized spacial score (nSPS) is 11.0. The van der Waals surface area contributed by atoms with E-state index >= 15 is 0 Å². The van der Waals surface area contributed by atoms with E-state index in [0.29, 0.717) is 16.8 Å². The Morgan fingerprint density at radius 1 is 1.25 bits per heavy atom. The second-order valence-corrected chi connectivity index (χ2v) is 5.88. The van der Waals surface area contributed by atoms with Crippen molar-refractivity contribution in [1.29, 1.82) is 0 Å². The number of fused-ring (bicyclic) bond motifs is 1. The molecule has 2 heterocycles. The summed E-state index contributed by atoms with van der Waals surface area (Å²) in [7, 11) is 0. The van der Waals surface area contributed by atoms with Crippen LogP contribution < -0.4 is 10.9 Å². The maximum Gasteiger partial charge on any atom is 0.297 e. The molecule has 3 aromatic rings. The van der Waals surface area contributed by atoms with Crippen LogP contribution in [0.15, 0.2) is 27.5 Å². The van der Waals surface area contributed by atoms with Crippen molar-refractivity contribution in [3.63, 3.8) is 0 Å². The topological polar surface area (TPSA) is 90.0 Å². The Morgan fingerprint density at radius 3 is 2.75 bits per heavy atom. The third-order valence-corrected chi connectivity index (χ3v) is 3.89. The minimum absolute atomic E-state index is 0.186. The van der Waals surface area contributed by atoms with E-state index in [1.165, 1.54) is 0 Å². The molecule has 0 radical (unpaired) electrons. The van der Waals surface area contributed by atoms with Crippen molar-refractivity contribution < 1.29 is 9.32 Å². The number of hydrogen-bond acceptors (Lipinski definition) is 5. The molecule has 124 valence electrons. The van der Waals surface area contributed by atoms with Gasteiger partial charge in [0.2, 0.25) is 5.91 Å². The lowest BCUT2D eigenvalue weighted by molar-refractivity contribution is -0.117. The van der Waals surface area contributed by atoms with Gasteiger partial charge in [0.15, 0.2) is 5.52 Å². The predicted molar refractivity (Wildman–Crippen MR) is 90.1 cm³/mol. The largest absolute Gasteiger partial charge is 0.360 e. The number of amides is 1. The van der Waals surface area contributed by atoms with Gasteiger partial charge in [0.1, 0.15) is 12.3 Å². The third-order valence-electron chi connectivity index (χ3n) is 3.89. The van der Waals surface area contributed by atoms with Crippen molar-refractivity contribution in [2.24, 2.45) is 0 Å². The van der Waals surface area contributed by atoms with Crippen LogP contribution in [0.2, 0.25) is 0 Å². The van der Waals surface area contributed by atoms with Gasteiger partial charge in [0.25, 0.3) is 5.56 Å². The SMILES string of the molecule is Cc1ccc(C)c(NC(=O)Cn2nc(C)c3c(C)onc3c2=O)c1. The van der Waals surface area contributed by atoms with E-state index in [9.17, 15) is 9.59 Å². The maximum absolute atomic E-state index is 12.4. The molecule has 0 bridgehead atoms. The summed E-state index contributed by atoms with van der Waals surface area (Å²) in [5, 5.41) is 11.4. The number of rotatable bonds is 3. The molecule has 1 aromatic carbocycles. The summed E-state index contributed by atoms with van der Waals surface area (Å²) in [6.45, 7) is 7.15. The van der Waals surface area contributed by atoms with E-state index in [1.54, 1.807) is 13.8 Å². The summed E-state index contributed by atoms with van der Waals surface area (Å²) in [6, 6.07) is 5.80. The fourth-order valence-electron chi connectivity index (χ4n) is 2.65. The molecule has 1 amide bonds. The Balaban J connectivity index is 1.90. The highest BCUT2D eigenvalue weighted by molar-refractivity contribution is 5.91. The molecular weight excluding hydrogens is 308 g/mol. The molecule has 0 aliphatic heterocycles. The molecule has 1 N–H and O–H groups in total. The summed E-state index contributed by atoms with van der Waals surface area (Å²) in [6.07, 6.45) is 0. The summed E-state index contributed by atoms with van der Waals surface area (Å²) >= 11 is 0. The molecule has 24 heavy (non-hydrogen) atoms. The van der Waals surface area contributed by atoms with Gasteiger partial charge in [0, 0.05) is 5.69 Å². The van der Waals surface area contributed by atoms with Gasteiger partial charge in [-0.3, -0.25) is 9.59 Å². The number of carbonyl (C=O) groups is 1. The molecule has 0 saturated carbocycles. The molecule has 0 saturated heterocycles. The average molecular weight is 326 g/mol. The molecule has 0 atom stereocenters. The Hall–Kier alpha value is -2.96. The highest BCUT2D eigenvalue weighted by atomic mass is 16.5. The number of nitrogens with one attached hydrogen (secondary N) is 1. The van der Waals surface area contributed by atoms with Gasteiger partial charge < -0.3 is 9.84 Å². The van der Waals surface area contributed by atoms with Crippen molar-refractivity contribution in [2.75, 3.05) is 5.32 Å². The first-order valence-corrected chi connectivity index (χ1v) is 7.57. The van der Waals surface area contributed by atoms with E-state index in [0.717, 1.165) is 21.5 Å². The van der Waals surface area contributed by atoms with Crippen molar-refractivity contribution in [3.8, 4) is 0 Å². The van der Waals surface area contributed by atoms with Crippen LogP contribution in [0.1, 0.15) is 22.6 Å². The number of aryl methyl sites for hydroxylation is 4. The van der Waals surface area contributed by atoms with Crippen LogP contribution in [0, 0.1) is 27.7 Å². The van der Waals surface area contributed by atoms with Crippen LogP contribution in [0.5, 0.6) is 0 Å². The fourth-order valence-corrected chi connectivity index (χ4v) is 2.65. The molecule has 7 nitrogen and oxygen atoms in total. The maximum atomic E-state index is 12.4. The number of nitrogens with zero attached hydrogens (tertiary/aromatic N) is 3. The number of hydrogen-bond donors (Lipinski definition) is 1. The second kappa shape index (κ2) is 5.92. The summed E-state index contributed by atoms with van der Waals surface area (Å²) < 4.78 is 6.17. The summed E-state index contributed by atoms with van der Waals surface area (Å²) in [4.78, 5) is 24.7. The van der Waals surface area contributed by atoms with Gasteiger partial charge in [-0.1, -0.05) is 17.3 Å². The Labute approximate surface area is 138 Å². The van der Waals surface area contributed by atoms with E-state index in [4.69, 9.17) is 4.52 Å². The van der Waals surface area contributed by atoms with Crippen LogP contribution >= 0.6 is 0 Å². The van der Waals surface area contributed by atoms with Crippen molar-refractivity contribution in [2.45, 2.75) is 34.2 Å². The van der Waals surface area contributed by atoms with Gasteiger partial charge in [0.05, 0.1) is 11.1 Å². The molecule has 7 heteroatoms. The van der Waals surface area contributed by atoms with E-state index in [2.05, 4.69) is 15.6 Å². The smallest absolute Gasteiger partial charge is 0.297 e. The van der Waals surface area contributed by atoms with Crippen molar-refractivity contribution in [3.05, 3.63) is 51.1 Å². The zero-order chi connectivity index (χ0) is 17.4. The lowest BCUT2D eigenvalue weighted by atomic mass is 10.1. The van der Waals surface area contributed by atoms with Crippen LogP contribution in [-0.4, -0.2) is 20.8 Å².